The number of nitrogens with zero attached hydrogens (tertiary/aromatic N) is 4. The lowest BCUT2D eigenvalue weighted by Gasteiger charge is -2.23. The molecule has 0 saturated carbocycles. The molecule has 1 aliphatic rings. The lowest BCUT2D eigenvalue weighted by Crippen LogP contribution is -3.10. The lowest BCUT2D eigenvalue weighted by atomic mass is 10.0. The average Bonchev–Trinajstić information content (AvgIpc) is 3.34. The van der Waals surface area contributed by atoms with Gasteiger partial charge in [0.25, 0.3) is 5.56 Å². The van der Waals surface area contributed by atoms with Gasteiger partial charge in [0, 0.05) is 20.0 Å². The van der Waals surface area contributed by atoms with E-state index in [1.807, 2.05) is 31.2 Å². The Morgan fingerprint density at radius 2 is 2.15 bits per heavy atom. The van der Waals surface area contributed by atoms with Gasteiger partial charge in [0.05, 0.1) is 37.3 Å². The molecule has 1 saturated heterocycles. The summed E-state index contributed by atoms with van der Waals surface area (Å²) < 4.78 is 6.95. The molecule has 0 aliphatic carbocycles. The van der Waals surface area contributed by atoms with Gasteiger partial charge < -0.3 is 14.6 Å². The number of likely N-dealkylation sites (tertiary alicyclic amines) is 1. The molecule has 3 heterocycles. The Morgan fingerprint density at radius 3 is 2.93 bits per heavy atom. The van der Waals surface area contributed by atoms with Gasteiger partial charge in [0.15, 0.2) is 6.04 Å². The molecule has 8 heteroatoms. The third kappa shape index (κ3) is 3.38. The summed E-state index contributed by atoms with van der Waals surface area (Å²) in [5, 5.41) is 13.3. The van der Waals surface area contributed by atoms with Crippen molar-refractivity contribution in [2.24, 2.45) is 0 Å². The number of quaternary nitrogens is 1. The van der Waals surface area contributed by atoms with Crippen LogP contribution in [-0.2, 0) is 11.3 Å². The second-order valence-electron chi connectivity index (χ2n) is 7.14. The summed E-state index contributed by atoms with van der Waals surface area (Å²) in [6.45, 7) is 5.10. The maximum absolute atomic E-state index is 13.0. The lowest BCUT2D eigenvalue weighted by molar-refractivity contribution is -0.914. The highest BCUT2D eigenvalue weighted by Crippen LogP contribution is 2.20. The molecule has 1 fully saturated rings. The molecule has 0 unspecified atom stereocenters. The van der Waals surface area contributed by atoms with Gasteiger partial charge in [-0.3, -0.25) is 4.79 Å². The number of benzene rings is 1. The average molecular weight is 369 g/mol. The van der Waals surface area contributed by atoms with Crippen LogP contribution in [0.25, 0.3) is 10.9 Å². The van der Waals surface area contributed by atoms with Crippen LogP contribution in [0.3, 0.4) is 0 Å². The molecule has 0 spiro atoms. The largest absolute Gasteiger partial charge is 0.383 e. The predicted octanol–water partition coefficient (Wildman–Crippen LogP) is 0.238. The molecule has 4 rings (SSSR count). The smallest absolute Gasteiger partial charge is 0.258 e. The zero-order valence-electron chi connectivity index (χ0n) is 15.7. The number of aromatic amines is 1. The van der Waals surface area contributed by atoms with E-state index in [2.05, 4.69) is 20.5 Å². The number of rotatable bonds is 6. The van der Waals surface area contributed by atoms with Gasteiger partial charge >= 0.3 is 0 Å². The molecule has 1 aliphatic heterocycles. The number of hydrogen-bond donors (Lipinski definition) is 2. The van der Waals surface area contributed by atoms with Crippen molar-refractivity contribution < 1.29 is 9.64 Å². The quantitative estimate of drug-likeness (QED) is 0.650. The van der Waals surface area contributed by atoms with Gasteiger partial charge in [0.2, 0.25) is 5.82 Å². The van der Waals surface area contributed by atoms with Crippen molar-refractivity contribution in [3.8, 4) is 0 Å². The maximum atomic E-state index is 13.0. The number of methoxy groups -OCH3 is 1. The van der Waals surface area contributed by atoms with Gasteiger partial charge in [-0.15, -0.1) is 5.10 Å². The molecule has 3 aromatic rings. The number of nitrogens with one attached hydrogen (secondary N) is 2. The molecule has 2 aromatic heterocycles. The molecule has 2 N–H and O–H groups in total. The maximum Gasteiger partial charge on any atom is 0.258 e. The van der Waals surface area contributed by atoms with Gasteiger partial charge in [0.1, 0.15) is 0 Å². The number of hydrogen-bond acceptors (Lipinski definition) is 5. The van der Waals surface area contributed by atoms with E-state index in [4.69, 9.17) is 4.74 Å². The summed E-state index contributed by atoms with van der Waals surface area (Å²) in [6.07, 6.45) is 2.30. The van der Waals surface area contributed by atoms with Gasteiger partial charge in [-0.25, -0.2) is 4.68 Å². The van der Waals surface area contributed by atoms with Crippen LogP contribution in [0.2, 0.25) is 0 Å². The summed E-state index contributed by atoms with van der Waals surface area (Å²) in [6, 6.07) is 7.87. The third-order valence-electron chi connectivity index (χ3n) is 5.41. The fourth-order valence-corrected chi connectivity index (χ4v) is 4.03. The first-order valence-corrected chi connectivity index (χ1v) is 9.41. The minimum atomic E-state index is -0.187. The monoisotopic (exact) mass is 369 g/mol. The van der Waals surface area contributed by atoms with Crippen molar-refractivity contribution in [2.45, 2.75) is 32.4 Å². The summed E-state index contributed by atoms with van der Waals surface area (Å²) in [4.78, 5) is 17.5. The van der Waals surface area contributed by atoms with Gasteiger partial charge in [-0.2, -0.15) is 0 Å². The zero-order valence-corrected chi connectivity index (χ0v) is 15.7. The van der Waals surface area contributed by atoms with Crippen LogP contribution >= 0.6 is 0 Å². The second kappa shape index (κ2) is 7.58. The zero-order chi connectivity index (χ0) is 18.8. The second-order valence-corrected chi connectivity index (χ2v) is 7.14. The highest BCUT2D eigenvalue weighted by Gasteiger charge is 2.35. The van der Waals surface area contributed by atoms with E-state index in [1.54, 1.807) is 11.8 Å². The van der Waals surface area contributed by atoms with Gasteiger partial charge in [-0.05, 0) is 34.4 Å². The summed E-state index contributed by atoms with van der Waals surface area (Å²) in [5.41, 5.74) is 2.60. The van der Waals surface area contributed by atoms with E-state index < -0.39 is 0 Å². The van der Waals surface area contributed by atoms with Crippen molar-refractivity contribution in [1.29, 1.82) is 0 Å². The van der Waals surface area contributed by atoms with E-state index in [0.717, 1.165) is 53.8 Å². The number of aryl methyl sites for hydroxylation is 1. The number of tetrazole rings is 1. The first-order valence-electron chi connectivity index (χ1n) is 9.41. The highest BCUT2D eigenvalue weighted by molar-refractivity contribution is 5.82. The Kier molecular flexibility index (Phi) is 5.00. The predicted molar refractivity (Wildman–Crippen MR) is 101 cm³/mol. The van der Waals surface area contributed by atoms with E-state index >= 15 is 0 Å². The molecule has 1 aromatic carbocycles. The molecule has 27 heavy (non-hydrogen) atoms. The Morgan fingerprint density at radius 1 is 1.33 bits per heavy atom. The number of fused-ring (bicyclic) bond motifs is 1. The van der Waals surface area contributed by atoms with Crippen LogP contribution in [0.1, 0.15) is 35.8 Å². The molecule has 0 radical (unpaired) electrons. The van der Waals surface area contributed by atoms with Crippen molar-refractivity contribution in [3.05, 3.63) is 51.6 Å². The normalized spacial score (nSPS) is 16.2. The molecule has 142 valence electrons. The summed E-state index contributed by atoms with van der Waals surface area (Å²) in [7, 11) is 1.66. The molecular formula is C19H25N6O2+. The van der Waals surface area contributed by atoms with Crippen LogP contribution in [0.15, 0.2) is 29.1 Å². The van der Waals surface area contributed by atoms with E-state index in [1.165, 1.54) is 4.90 Å². The molecule has 8 nitrogen and oxygen atoms in total. The number of pyridine rings is 1. The number of para-hydroxylation sites is 1. The number of ether oxygens (including phenoxy) is 1. The fraction of sp³-hybridized carbons (Fsp3) is 0.474. The van der Waals surface area contributed by atoms with Crippen LogP contribution in [0.5, 0.6) is 0 Å². The van der Waals surface area contributed by atoms with Crippen molar-refractivity contribution in [1.82, 2.24) is 25.2 Å². The minimum Gasteiger partial charge on any atom is -0.383 e. The minimum absolute atomic E-state index is 0.0671. The van der Waals surface area contributed by atoms with Crippen molar-refractivity contribution >= 4 is 10.9 Å². The topological polar surface area (TPSA) is 90.1 Å². The van der Waals surface area contributed by atoms with Crippen molar-refractivity contribution in [2.75, 3.05) is 26.8 Å². The summed E-state index contributed by atoms with van der Waals surface area (Å²) >= 11 is 0. The molecule has 0 bridgehead atoms. The van der Waals surface area contributed by atoms with E-state index in [9.17, 15) is 4.79 Å². The molecular weight excluding hydrogens is 344 g/mol. The highest BCUT2D eigenvalue weighted by atomic mass is 16.5. The van der Waals surface area contributed by atoms with Crippen LogP contribution < -0.4 is 10.5 Å². The fourth-order valence-electron chi connectivity index (χ4n) is 4.03. The first kappa shape index (κ1) is 17.8. The summed E-state index contributed by atoms with van der Waals surface area (Å²) in [5.74, 6) is 0.724. The van der Waals surface area contributed by atoms with Crippen LogP contribution in [0, 0.1) is 6.92 Å². The Hall–Kier alpha value is -2.58. The Balaban J connectivity index is 1.85. The van der Waals surface area contributed by atoms with Crippen molar-refractivity contribution in [3.63, 3.8) is 0 Å². The molecule has 0 amide bonds. The van der Waals surface area contributed by atoms with E-state index in [-0.39, 0.29) is 11.6 Å². The van der Waals surface area contributed by atoms with Crippen LogP contribution in [0.4, 0.5) is 0 Å². The van der Waals surface area contributed by atoms with Gasteiger partial charge in [-0.1, -0.05) is 18.2 Å². The Bertz CT molecular complexity index is 989. The SMILES string of the molecule is COCCn1nnnc1[C@@H](c1cc2cccc(C)c2[nH]c1=O)[NH+]1CCCC1. The van der Waals surface area contributed by atoms with Crippen LogP contribution in [-0.4, -0.2) is 52.0 Å². The Labute approximate surface area is 157 Å². The molecule has 1 atom stereocenters. The van der Waals surface area contributed by atoms with E-state index in [0.29, 0.717) is 13.2 Å². The standard InChI is InChI=1S/C19H24N6O2/c1-13-6-5-7-14-12-15(19(26)20-16(13)14)17(24-8-3-4-9-24)18-21-22-23-25(18)10-11-27-2/h5-7,12,17H,3-4,8-11H2,1-2H3,(H,20,26)/p+1/t17-/m1/s1. The third-order valence-corrected chi connectivity index (χ3v) is 5.41. The number of aromatic nitrogens is 5. The number of H-pyrrole nitrogens is 1. The first-order chi connectivity index (χ1) is 13.2.